The van der Waals surface area contributed by atoms with E-state index in [9.17, 15) is 14.9 Å². The Morgan fingerprint density at radius 2 is 2.33 bits per heavy atom. The summed E-state index contributed by atoms with van der Waals surface area (Å²) in [4.78, 5) is 27.1. The van der Waals surface area contributed by atoms with Crippen LogP contribution in [0.5, 0.6) is 0 Å². The summed E-state index contributed by atoms with van der Waals surface area (Å²) in [5.41, 5.74) is 4.91. The molecule has 0 aromatic carbocycles. The lowest BCUT2D eigenvalue weighted by Crippen LogP contribution is -2.29. The quantitative estimate of drug-likeness (QED) is 0.490. The van der Waals surface area contributed by atoms with Crippen LogP contribution in [0.3, 0.4) is 0 Å². The molecule has 0 unspecified atom stereocenters. The van der Waals surface area contributed by atoms with Gasteiger partial charge in [-0.2, -0.15) is 0 Å². The fourth-order valence-corrected chi connectivity index (χ4v) is 1.53. The lowest BCUT2D eigenvalue weighted by Gasteiger charge is -2.16. The molecular weight excluding hydrogens is 260 g/mol. The van der Waals surface area contributed by atoms with Gasteiger partial charge in [-0.15, -0.1) is 0 Å². The molecule has 0 aliphatic heterocycles. The van der Waals surface area contributed by atoms with Gasteiger partial charge in [-0.05, 0) is 19.0 Å². The number of carbonyl (C=O) groups is 1. The molecule has 1 aromatic rings. The molecular formula is C10H13ClN4O3. The number of nitrogens with zero attached hydrogens (tertiary/aromatic N) is 3. The second-order valence-electron chi connectivity index (χ2n) is 3.65. The number of hydrogen-bond acceptors (Lipinski definition) is 5. The number of nitro groups is 1. The van der Waals surface area contributed by atoms with E-state index in [1.54, 1.807) is 7.05 Å². The van der Waals surface area contributed by atoms with Crippen LogP contribution >= 0.6 is 11.6 Å². The first-order valence-corrected chi connectivity index (χ1v) is 5.60. The van der Waals surface area contributed by atoms with Crippen LogP contribution in [0.1, 0.15) is 16.8 Å². The molecule has 1 amide bonds. The highest BCUT2D eigenvalue weighted by Crippen LogP contribution is 2.21. The van der Waals surface area contributed by atoms with E-state index in [0.29, 0.717) is 19.5 Å². The molecule has 0 radical (unpaired) electrons. The first kappa shape index (κ1) is 14.3. The van der Waals surface area contributed by atoms with Crippen molar-refractivity contribution in [3.05, 3.63) is 33.1 Å². The summed E-state index contributed by atoms with van der Waals surface area (Å²) in [6.45, 7) is 0.864. The molecule has 0 aliphatic carbocycles. The van der Waals surface area contributed by atoms with Gasteiger partial charge in [0.25, 0.3) is 11.6 Å². The van der Waals surface area contributed by atoms with Crippen LogP contribution in [0.4, 0.5) is 5.69 Å². The van der Waals surface area contributed by atoms with Gasteiger partial charge >= 0.3 is 0 Å². The van der Waals surface area contributed by atoms with Crippen molar-refractivity contribution in [2.75, 3.05) is 20.1 Å². The number of carbonyl (C=O) groups excluding carboxylic acids is 1. The number of hydrogen-bond donors (Lipinski definition) is 1. The number of nitrogens with two attached hydrogens (primary N) is 1. The van der Waals surface area contributed by atoms with Gasteiger partial charge in [0.2, 0.25) is 0 Å². The Labute approximate surface area is 109 Å². The predicted octanol–water partition coefficient (Wildman–Crippen LogP) is 1.06. The Morgan fingerprint density at radius 1 is 1.67 bits per heavy atom. The summed E-state index contributed by atoms with van der Waals surface area (Å²) in [6.07, 6.45) is 1.60. The fourth-order valence-electron chi connectivity index (χ4n) is 1.38. The summed E-state index contributed by atoms with van der Waals surface area (Å²) in [6, 6.07) is 1.20. The van der Waals surface area contributed by atoms with Crippen molar-refractivity contribution in [1.82, 2.24) is 9.88 Å². The monoisotopic (exact) mass is 272 g/mol. The molecule has 2 N–H and O–H groups in total. The average molecular weight is 273 g/mol. The SMILES string of the molecule is CN(CCCN)C(=O)c1cc(Cl)ncc1[N+](=O)[O-]. The molecule has 0 fully saturated rings. The van der Waals surface area contributed by atoms with Crippen molar-refractivity contribution in [1.29, 1.82) is 0 Å². The third kappa shape index (κ3) is 3.38. The molecule has 7 nitrogen and oxygen atoms in total. The lowest BCUT2D eigenvalue weighted by atomic mass is 10.2. The van der Waals surface area contributed by atoms with Crippen LogP contribution in [0, 0.1) is 10.1 Å². The Hall–Kier alpha value is -1.73. The van der Waals surface area contributed by atoms with E-state index in [4.69, 9.17) is 17.3 Å². The Morgan fingerprint density at radius 3 is 2.89 bits per heavy atom. The minimum absolute atomic E-state index is 0.0381. The van der Waals surface area contributed by atoms with E-state index in [1.165, 1.54) is 11.0 Å². The summed E-state index contributed by atoms with van der Waals surface area (Å²) in [5.74, 6) is -0.473. The van der Waals surface area contributed by atoms with Crippen LogP contribution in [-0.4, -0.2) is 40.9 Å². The predicted molar refractivity (Wildman–Crippen MR) is 66.5 cm³/mol. The highest BCUT2D eigenvalue weighted by Gasteiger charge is 2.23. The number of rotatable bonds is 5. The van der Waals surface area contributed by atoms with Gasteiger partial charge in [-0.1, -0.05) is 11.6 Å². The minimum atomic E-state index is -0.659. The molecule has 0 saturated carbocycles. The van der Waals surface area contributed by atoms with Crippen molar-refractivity contribution in [2.24, 2.45) is 5.73 Å². The van der Waals surface area contributed by atoms with Gasteiger partial charge in [0.1, 0.15) is 16.9 Å². The number of aromatic nitrogens is 1. The summed E-state index contributed by atoms with van der Waals surface area (Å²) in [5, 5.41) is 10.8. The lowest BCUT2D eigenvalue weighted by molar-refractivity contribution is -0.385. The Kier molecular flexibility index (Phi) is 4.99. The third-order valence-corrected chi connectivity index (χ3v) is 2.53. The Balaban J connectivity index is 3.03. The number of amides is 1. The van der Waals surface area contributed by atoms with Gasteiger partial charge < -0.3 is 10.6 Å². The van der Waals surface area contributed by atoms with Crippen LogP contribution in [0.25, 0.3) is 0 Å². The molecule has 0 bridgehead atoms. The maximum absolute atomic E-state index is 12.0. The first-order valence-electron chi connectivity index (χ1n) is 5.22. The van der Waals surface area contributed by atoms with Gasteiger partial charge in [0.05, 0.1) is 4.92 Å². The molecule has 0 saturated heterocycles. The van der Waals surface area contributed by atoms with E-state index >= 15 is 0 Å². The normalized spacial score (nSPS) is 10.2. The van der Waals surface area contributed by atoms with E-state index in [2.05, 4.69) is 4.98 Å². The highest BCUT2D eigenvalue weighted by molar-refractivity contribution is 6.29. The van der Waals surface area contributed by atoms with Gasteiger partial charge in [-0.3, -0.25) is 14.9 Å². The van der Waals surface area contributed by atoms with Gasteiger partial charge in [0.15, 0.2) is 0 Å². The number of pyridine rings is 1. The molecule has 98 valence electrons. The highest BCUT2D eigenvalue weighted by atomic mass is 35.5. The zero-order chi connectivity index (χ0) is 13.7. The van der Waals surface area contributed by atoms with E-state index in [1.807, 2.05) is 0 Å². The molecule has 18 heavy (non-hydrogen) atoms. The average Bonchev–Trinajstić information content (AvgIpc) is 2.34. The second-order valence-corrected chi connectivity index (χ2v) is 4.04. The van der Waals surface area contributed by atoms with Crippen molar-refractivity contribution in [3.8, 4) is 0 Å². The van der Waals surface area contributed by atoms with E-state index in [0.717, 1.165) is 6.20 Å². The maximum Gasteiger partial charge on any atom is 0.300 e. The zero-order valence-corrected chi connectivity index (χ0v) is 10.6. The molecule has 1 rings (SSSR count). The largest absolute Gasteiger partial charge is 0.341 e. The smallest absolute Gasteiger partial charge is 0.300 e. The van der Waals surface area contributed by atoms with Crippen LogP contribution in [0.15, 0.2) is 12.3 Å². The summed E-state index contributed by atoms with van der Waals surface area (Å²) >= 11 is 5.65. The van der Waals surface area contributed by atoms with Crippen LogP contribution in [-0.2, 0) is 0 Å². The minimum Gasteiger partial charge on any atom is -0.341 e. The number of halogens is 1. The molecule has 1 heterocycles. The molecule has 8 heteroatoms. The molecule has 1 aromatic heterocycles. The van der Waals surface area contributed by atoms with Gasteiger partial charge in [-0.25, -0.2) is 4.98 Å². The van der Waals surface area contributed by atoms with Crippen molar-refractivity contribution >= 4 is 23.2 Å². The second kappa shape index (κ2) is 6.27. The van der Waals surface area contributed by atoms with Gasteiger partial charge in [0, 0.05) is 13.6 Å². The fraction of sp³-hybridized carbons (Fsp3) is 0.400. The molecule has 0 spiro atoms. The maximum atomic E-state index is 12.0. The molecule has 0 atom stereocenters. The van der Waals surface area contributed by atoms with E-state index in [-0.39, 0.29) is 16.4 Å². The third-order valence-electron chi connectivity index (χ3n) is 2.32. The van der Waals surface area contributed by atoms with Crippen molar-refractivity contribution in [3.63, 3.8) is 0 Å². The molecule has 0 aliphatic rings. The Bertz CT molecular complexity index is 466. The van der Waals surface area contributed by atoms with Crippen molar-refractivity contribution in [2.45, 2.75) is 6.42 Å². The summed E-state index contributed by atoms with van der Waals surface area (Å²) < 4.78 is 0. The topological polar surface area (TPSA) is 102 Å². The van der Waals surface area contributed by atoms with Crippen LogP contribution in [0.2, 0.25) is 5.15 Å². The standard InChI is InChI=1S/C10H13ClN4O3/c1-14(4-2-3-12)10(16)7-5-9(11)13-6-8(7)15(17)18/h5-6H,2-4,12H2,1H3. The van der Waals surface area contributed by atoms with E-state index < -0.39 is 10.8 Å². The van der Waals surface area contributed by atoms with Crippen LogP contribution < -0.4 is 5.73 Å². The first-order chi connectivity index (χ1) is 8.47. The van der Waals surface area contributed by atoms with Crippen molar-refractivity contribution < 1.29 is 9.72 Å². The summed E-state index contributed by atoms with van der Waals surface area (Å²) in [7, 11) is 1.55. The zero-order valence-electron chi connectivity index (χ0n) is 9.80.